The lowest BCUT2D eigenvalue weighted by atomic mass is 10.2. The van der Waals surface area contributed by atoms with Crippen LogP contribution in [0.5, 0.6) is 0 Å². The molecule has 2 heterocycles. The second-order valence-electron chi connectivity index (χ2n) is 5.99. The lowest BCUT2D eigenvalue weighted by Crippen LogP contribution is -2.25. The fourth-order valence-electron chi connectivity index (χ4n) is 3.10. The van der Waals surface area contributed by atoms with Crippen LogP contribution in [0.1, 0.15) is 11.1 Å². The van der Waals surface area contributed by atoms with Crippen LogP contribution >= 0.6 is 23.2 Å². The average molecular weight is 384 g/mol. The molecule has 0 atom stereocenters. The Kier molecular flexibility index (Phi) is 4.26. The van der Waals surface area contributed by atoms with Crippen molar-refractivity contribution < 1.29 is 0 Å². The molecule has 1 N–H and O–H groups in total. The van der Waals surface area contributed by atoms with Gasteiger partial charge in [0.25, 0.3) is 0 Å². The van der Waals surface area contributed by atoms with Crippen LogP contribution in [0.15, 0.2) is 54.6 Å². The van der Waals surface area contributed by atoms with Crippen molar-refractivity contribution in [3.8, 4) is 5.82 Å². The number of hydrogen-bond acceptors (Lipinski definition) is 3. The number of aromatic nitrogens is 4. The first kappa shape index (κ1) is 16.8. The average Bonchev–Trinajstić information content (AvgIpc) is 2.91. The molecule has 0 radical (unpaired) electrons. The van der Waals surface area contributed by atoms with Gasteiger partial charge in [0.05, 0.1) is 17.6 Å². The van der Waals surface area contributed by atoms with Gasteiger partial charge in [0.2, 0.25) is 5.62 Å². The predicted octanol–water partition coefficient (Wildman–Crippen LogP) is 4.36. The highest BCUT2D eigenvalue weighted by Gasteiger charge is 2.16. The van der Waals surface area contributed by atoms with Crippen molar-refractivity contribution >= 4 is 34.2 Å². The lowest BCUT2D eigenvalue weighted by Gasteiger charge is -2.07. The molecule has 5 nitrogen and oxygen atoms in total. The summed E-state index contributed by atoms with van der Waals surface area (Å²) in [6.45, 7) is 2.51. The van der Waals surface area contributed by atoms with E-state index in [1.54, 1.807) is 16.7 Å². The van der Waals surface area contributed by atoms with Crippen molar-refractivity contribution in [3.63, 3.8) is 0 Å². The molecule has 0 aliphatic heterocycles. The molecule has 0 bridgehead atoms. The maximum atomic E-state index is 8.76. The molecule has 7 heteroatoms. The molecule has 2 aromatic carbocycles. The zero-order valence-electron chi connectivity index (χ0n) is 13.9. The number of nitrogens with zero attached hydrogens (tertiary/aromatic N) is 4. The minimum absolute atomic E-state index is 0.297. The second-order valence-corrected chi connectivity index (χ2v) is 6.79. The van der Waals surface area contributed by atoms with Crippen LogP contribution in [-0.4, -0.2) is 19.3 Å². The van der Waals surface area contributed by atoms with Gasteiger partial charge < -0.3 is 4.57 Å². The molecule has 0 saturated carbocycles. The number of halogens is 2. The maximum absolute atomic E-state index is 8.76. The Bertz CT molecular complexity index is 1160. The highest BCUT2D eigenvalue weighted by Crippen LogP contribution is 2.23. The molecule has 0 aliphatic carbocycles. The molecule has 0 fully saturated rings. The summed E-state index contributed by atoms with van der Waals surface area (Å²) in [4.78, 5) is 0. The van der Waals surface area contributed by atoms with Crippen LogP contribution < -0.4 is 5.62 Å². The third-order valence-electron chi connectivity index (χ3n) is 4.33. The van der Waals surface area contributed by atoms with Crippen molar-refractivity contribution in [1.82, 2.24) is 19.3 Å². The van der Waals surface area contributed by atoms with Gasteiger partial charge in [-0.25, -0.2) is 0 Å². The molecule has 26 heavy (non-hydrogen) atoms. The first-order valence-electron chi connectivity index (χ1n) is 8.05. The number of aryl methyl sites for hydroxylation is 1. The summed E-state index contributed by atoms with van der Waals surface area (Å²) in [5, 5.41) is 17.8. The first-order chi connectivity index (χ1) is 12.6. The van der Waals surface area contributed by atoms with Gasteiger partial charge >= 0.3 is 0 Å². The third kappa shape index (κ3) is 2.79. The zero-order valence-corrected chi connectivity index (χ0v) is 15.5. The first-order valence-corrected chi connectivity index (χ1v) is 8.80. The molecule has 4 aromatic rings. The molecule has 4 rings (SSSR count). The van der Waals surface area contributed by atoms with E-state index in [4.69, 9.17) is 28.6 Å². The van der Waals surface area contributed by atoms with Crippen LogP contribution in [0.4, 0.5) is 0 Å². The molecule has 0 saturated heterocycles. The number of imidazole rings is 1. The monoisotopic (exact) mass is 383 g/mol. The Hall–Kier alpha value is -2.63. The SMILES string of the molecule is Cc1cccc2c1n(-c1ccc(Cl)nn1)c(=N)n2Cc1ccccc1Cl. The summed E-state index contributed by atoms with van der Waals surface area (Å²) in [5.74, 6) is 0.552. The molecular formula is C19H15Cl2N5. The second kappa shape index (κ2) is 6.59. The van der Waals surface area contributed by atoms with Gasteiger partial charge in [-0.05, 0) is 42.3 Å². The Morgan fingerprint density at radius 2 is 1.77 bits per heavy atom. The smallest absolute Gasteiger partial charge is 0.209 e. The molecule has 0 amide bonds. The van der Waals surface area contributed by atoms with E-state index >= 15 is 0 Å². The van der Waals surface area contributed by atoms with Crippen molar-refractivity contribution in [2.75, 3.05) is 0 Å². The van der Waals surface area contributed by atoms with E-state index in [1.807, 2.05) is 54.0 Å². The number of para-hydroxylation sites is 1. The lowest BCUT2D eigenvalue weighted by molar-refractivity contribution is 0.714. The van der Waals surface area contributed by atoms with Crippen LogP contribution in [0, 0.1) is 12.3 Å². The standard InChI is InChI=1S/C19H15Cl2N5/c1-12-5-4-8-15-18(12)26(17-10-9-16(21)23-24-17)19(22)25(15)11-13-6-2-3-7-14(13)20/h2-10,22H,11H2,1H3. The molecule has 0 aliphatic rings. The van der Waals surface area contributed by atoms with Crippen molar-refractivity contribution in [1.29, 1.82) is 5.41 Å². The topological polar surface area (TPSA) is 59.5 Å². The van der Waals surface area contributed by atoms with Crippen molar-refractivity contribution in [3.05, 3.63) is 81.5 Å². The Labute approximate surface area is 160 Å². The number of fused-ring (bicyclic) bond motifs is 1. The Balaban J connectivity index is 1.99. The van der Waals surface area contributed by atoms with Gasteiger partial charge in [0, 0.05) is 5.02 Å². The van der Waals surface area contributed by atoms with Gasteiger partial charge in [0.15, 0.2) is 11.0 Å². The Morgan fingerprint density at radius 1 is 0.962 bits per heavy atom. The summed E-state index contributed by atoms with van der Waals surface area (Å²) in [5.41, 5.74) is 4.15. The predicted molar refractivity (Wildman–Crippen MR) is 103 cm³/mol. The van der Waals surface area contributed by atoms with Gasteiger partial charge in [-0.15, -0.1) is 10.2 Å². The third-order valence-corrected chi connectivity index (χ3v) is 4.90. The van der Waals surface area contributed by atoms with E-state index < -0.39 is 0 Å². The minimum Gasteiger partial charge on any atom is -0.306 e. The van der Waals surface area contributed by atoms with E-state index in [-0.39, 0.29) is 0 Å². The zero-order chi connectivity index (χ0) is 18.3. The number of hydrogen-bond donors (Lipinski definition) is 1. The van der Waals surface area contributed by atoms with Gasteiger partial charge in [-0.2, -0.15) is 0 Å². The van der Waals surface area contributed by atoms with Crippen LogP contribution in [0.2, 0.25) is 10.2 Å². The summed E-state index contributed by atoms with van der Waals surface area (Å²) >= 11 is 12.2. The molecule has 0 unspecified atom stereocenters. The molecule has 0 spiro atoms. The minimum atomic E-state index is 0.297. The van der Waals surface area contributed by atoms with Crippen molar-refractivity contribution in [2.24, 2.45) is 0 Å². The summed E-state index contributed by atoms with van der Waals surface area (Å²) in [6, 6.07) is 17.1. The Morgan fingerprint density at radius 3 is 2.50 bits per heavy atom. The fourth-order valence-corrected chi connectivity index (χ4v) is 3.40. The van der Waals surface area contributed by atoms with E-state index in [0.29, 0.717) is 28.2 Å². The fraction of sp³-hybridized carbons (Fsp3) is 0.105. The van der Waals surface area contributed by atoms with Gasteiger partial charge in [-0.1, -0.05) is 53.5 Å². The highest BCUT2D eigenvalue weighted by atomic mass is 35.5. The summed E-state index contributed by atoms with van der Waals surface area (Å²) in [7, 11) is 0. The van der Waals surface area contributed by atoms with E-state index in [2.05, 4.69) is 10.2 Å². The summed E-state index contributed by atoms with van der Waals surface area (Å²) in [6.07, 6.45) is 0. The molecular weight excluding hydrogens is 369 g/mol. The van der Waals surface area contributed by atoms with Crippen LogP contribution in [-0.2, 0) is 6.54 Å². The molecule has 130 valence electrons. The van der Waals surface area contributed by atoms with E-state index in [1.165, 1.54) is 0 Å². The quantitative estimate of drug-likeness (QED) is 0.570. The van der Waals surface area contributed by atoms with E-state index in [0.717, 1.165) is 22.2 Å². The number of rotatable bonds is 3. The van der Waals surface area contributed by atoms with Crippen molar-refractivity contribution in [2.45, 2.75) is 13.5 Å². The van der Waals surface area contributed by atoms with Gasteiger partial charge in [0.1, 0.15) is 0 Å². The summed E-state index contributed by atoms with van der Waals surface area (Å²) < 4.78 is 3.70. The largest absolute Gasteiger partial charge is 0.306 e. The number of benzene rings is 2. The normalized spacial score (nSPS) is 11.2. The maximum Gasteiger partial charge on any atom is 0.209 e. The van der Waals surface area contributed by atoms with Crippen LogP contribution in [0.3, 0.4) is 0 Å². The number of nitrogens with one attached hydrogen (secondary N) is 1. The van der Waals surface area contributed by atoms with Gasteiger partial charge in [-0.3, -0.25) is 9.98 Å². The van der Waals surface area contributed by atoms with Crippen LogP contribution in [0.25, 0.3) is 16.9 Å². The van der Waals surface area contributed by atoms with E-state index in [9.17, 15) is 0 Å². The highest BCUT2D eigenvalue weighted by molar-refractivity contribution is 6.31. The molecule has 2 aromatic heterocycles.